The molecule has 0 bridgehead atoms. The molecule has 0 saturated carbocycles. The van der Waals surface area contributed by atoms with Crippen LogP contribution in [0.3, 0.4) is 0 Å². The van der Waals surface area contributed by atoms with Crippen molar-refractivity contribution in [2.24, 2.45) is 0 Å². The molecule has 0 fully saturated rings. The van der Waals surface area contributed by atoms with Crippen molar-refractivity contribution < 1.29 is 0 Å². The van der Waals surface area contributed by atoms with Gasteiger partial charge in [0.15, 0.2) is 0 Å². The van der Waals surface area contributed by atoms with E-state index in [0.29, 0.717) is 5.69 Å². The van der Waals surface area contributed by atoms with Crippen molar-refractivity contribution in [3.8, 4) is 11.1 Å². The fourth-order valence-electron chi connectivity index (χ4n) is 12.0. The molecular formula is C63H52B11N3. The number of fused-ring (bicyclic) bond motifs is 7. The molecule has 0 saturated heterocycles. The molecule has 352 valence electrons. The highest BCUT2D eigenvalue weighted by atomic mass is 15.2. The number of benzene rings is 8. The second-order valence-corrected chi connectivity index (χ2v) is 24.9. The van der Waals surface area contributed by atoms with E-state index in [1.54, 1.807) is 4.90 Å². The van der Waals surface area contributed by atoms with Crippen molar-refractivity contribution in [3.05, 3.63) is 143 Å². The van der Waals surface area contributed by atoms with E-state index in [1.165, 1.54) is 44.3 Å². The number of hydrogen-bond donors (Lipinski definition) is 0. The summed E-state index contributed by atoms with van der Waals surface area (Å²) in [4.78, 5) is 6.62. The summed E-state index contributed by atoms with van der Waals surface area (Å²) in [6.45, 7) is 24.7. The lowest BCUT2D eigenvalue weighted by Gasteiger charge is -2.46. The minimum Gasteiger partial charge on any atom is -0.313 e. The fraction of sp³-hybridized carbons (Fsp3) is 0.238. The summed E-state index contributed by atoms with van der Waals surface area (Å²) in [7, 11) is 67.5. The van der Waals surface area contributed by atoms with E-state index >= 15 is 0 Å². The Kier molecular flexibility index (Phi) is 12.3. The molecule has 2 heterocycles. The Morgan fingerprint density at radius 1 is 0.390 bits per heavy atom. The fourth-order valence-corrected chi connectivity index (χ4v) is 12.0. The lowest BCUT2D eigenvalue weighted by molar-refractivity contribution is 0.590. The molecule has 0 N–H and O–H groups in total. The van der Waals surface area contributed by atoms with E-state index in [9.17, 15) is 0 Å². The summed E-state index contributed by atoms with van der Waals surface area (Å²) >= 11 is 0. The van der Waals surface area contributed by atoms with Gasteiger partial charge in [-0.15, -0.1) is 32.8 Å². The summed E-state index contributed by atoms with van der Waals surface area (Å²) < 4.78 is 0. The van der Waals surface area contributed by atoms with Crippen LogP contribution in [-0.4, -0.2) is 85.2 Å². The van der Waals surface area contributed by atoms with Crippen molar-refractivity contribution in [2.45, 2.75) is 97.8 Å². The monoisotopic (exact) mass is 972 g/mol. The van der Waals surface area contributed by atoms with Crippen LogP contribution in [0.15, 0.2) is 115 Å². The van der Waals surface area contributed by atoms with Crippen LogP contribution in [0.2, 0.25) is 0 Å². The molecule has 8 aromatic carbocycles. The molecule has 0 aromatic heterocycles. The Morgan fingerprint density at radius 2 is 0.857 bits per heavy atom. The minimum absolute atomic E-state index is 0.0365. The molecule has 20 radical (unpaired) electrons. The lowest BCUT2D eigenvalue weighted by Crippen LogP contribution is -2.61. The van der Waals surface area contributed by atoms with E-state index in [1.807, 2.05) is 6.07 Å². The summed E-state index contributed by atoms with van der Waals surface area (Å²) in [5.41, 5.74) is 18.9. The Balaban J connectivity index is 1.26. The first-order valence-corrected chi connectivity index (χ1v) is 26.3. The van der Waals surface area contributed by atoms with Gasteiger partial charge in [-0.3, -0.25) is 0 Å². The van der Waals surface area contributed by atoms with Gasteiger partial charge >= 0.3 is 0 Å². The van der Waals surface area contributed by atoms with E-state index < -0.39 is 0 Å². The molecule has 2 aliphatic heterocycles. The summed E-state index contributed by atoms with van der Waals surface area (Å²) in [5, 5.41) is 0. The minimum atomic E-state index is -0.278. The third kappa shape index (κ3) is 8.06. The molecule has 1 aliphatic carbocycles. The van der Waals surface area contributed by atoms with E-state index in [0.717, 1.165) is 45.2 Å². The summed E-state index contributed by atoms with van der Waals surface area (Å²) in [6.07, 6.45) is 0. The lowest BCUT2D eigenvalue weighted by atomic mass is 9.33. The third-order valence-electron chi connectivity index (χ3n) is 16.6. The average Bonchev–Trinajstić information content (AvgIpc) is 3.73. The number of hydrogen-bond acceptors (Lipinski definition) is 3. The van der Waals surface area contributed by atoms with Gasteiger partial charge in [-0.1, -0.05) is 159 Å². The van der Waals surface area contributed by atoms with Crippen molar-refractivity contribution in [1.82, 2.24) is 0 Å². The van der Waals surface area contributed by atoms with Gasteiger partial charge in [-0.25, -0.2) is 0 Å². The average molecular weight is 970 g/mol. The number of anilines is 9. The van der Waals surface area contributed by atoms with Gasteiger partial charge in [0.2, 0.25) is 0 Å². The Bertz CT molecular complexity index is 3700. The van der Waals surface area contributed by atoms with Gasteiger partial charge in [-0.05, 0) is 126 Å². The molecule has 11 rings (SSSR count). The molecule has 0 atom stereocenters. The van der Waals surface area contributed by atoms with Gasteiger partial charge in [-0.2, -0.15) is 0 Å². The second-order valence-electron chi connectivity index (χ2n) is 24.9. The standard InChI is InChI=1S/C63H52B11N3/c1-60(2,3)31-16-19-34(20-17-31)75-44-30-36(77(58-53(70)49(66)47(64)50(67)54(58)71)59-55(72)51(68)48(65)52(69)56(59)73)22-24-41(44)74-42-26-32(61(4,5)6)18-25-43(42)76(46-28-33(62(7,8)9)27-45(75)57(46)74)35-21-23-38-37-14-12-13-15-39(37)63(10,11)40(38)29-35/h12-30H,1-11H3. The first-order chi connectivity index (χ1) is 36.0. The topological polar surface area (TPSA) is 9.72 Å². The molecule has 0 amide bonds. The molecule has 77 heavy (non-hydrogen) atoms. The van der Waals surface area contributed by atoms with Gasteiger partial charge in [0.05, 0.1) is 0 Å². The first kappa shape index (κ1) is 52.9. The van der Waals surface area contributed by atoms with E-state index in [2.05, 4.69) is 195 Å². The van der Waals surface area contributed by atoms with Crippen LogP contribution in [0.1, 0.15) is 104 Å². The highest BCUT2D eigenvalue weighted by molar-refractivity contribution is 7.00. The van der Waals surface area contributed by atoms with Crippen molar-refractivity contribution in [3.63, 3.8) is 0 Å². The van der Waals surface area contributed by atoms with Crippen LogP contribution >= 0.6 is 0 Å². The molecule has 8 aromatic rings. The van der Waals surface area contributed by atoms with Gasteiger partial charge in [0, 0.05) is 56.6 Å². The predicted octanol–water partition coefficient (Wildman–Crippen LogP) is 3.38. The Morgan fingerprint density at radius 3 is 1.39 bits per heavy atom. The maximum atomic E-state index is 6.99. The number of rotatable bonds is 5. The summed E-state index contributed by atoms with van der Waals surface area (Å²) in [6, 6.07) is 42.9. The molecule has 0 spiro atoms. The zero-order valence-electron chi connectivity index (χ0n) is 46.2. The van der Waals surface area contributed by atoms with Crippen LogP contribution in [0.25, 0.3) is 11.1 Å². The largest absolute Gasteiger partial charge is 0.313 e. The summed E-state index contributed by atoms with van der Waals surface area (Å²) in [5.74, 6) is 0. The molecule has 3 aliphatic rings. The van der Waals surface area contributed by atoms with Crippen molar-refractivity contribution in [2.75, 3.05) is 14.7 Å². The van der Waals surface area contributed by atoms with Gasteiger partial charge in [0.1, 0.15) is 78.5 Å². The SMILES string of the molecule is [B]c1c([B])c([B])c(N(c2ccc3c(c2)N(c2ccc(C(C)(C)C)cc2)c2cc(C(C)(C)C)cc4c2B3c2cc(C(C)(C)C)ccc2N4c2ccc3c(c2)C(C)(C)c2ccccc2-3)c2c([B])c([B])c([B])c([B])c2[B])c([B])c1[B]. The normalized spacial score (nSPS) is 14.2. The maximum Gasteiger partial charge on any atom is 0.252 e. The van der Waals surface area contributed by atoms with Crippen LogP contribution in [-0.2, 0) is 21.7 Å². The molecule has 0 unspecified atom stereocenters. The van der Waals surface area contributed by atoms with E-state index in [4.69, 9.17) is 78.5 Å². The zero-order valence-corrected chi connectivity index (χ0v) is 46.2. The first-order valence-electron chi connectivity index (χ1n) is 26.3. The highest BCUT2D eigenvalue weighted by Crippen LogP contribution is 2.52. The third-order valence-corrected chi connectivity index (χ3v) is 16.6. The Hall–Kier alpha value is -6.13. The van der Waals surface area contributed by atoms with Gasteiger partial charge < -0.3 is 14.7 Å². The maximum absolute atomic E-state index is 6.99. The predicted molar refractivity (Wildman–Crippen MR) is 343 cm³/mol. The molecule has 3 nitrogen and oxygen atoms in total. The van der Waals surface area contributed by atoms with Crippen LogP contribution in [0, 0.1) is 0 Å². The smallest absolute Gasteiger partial charge is 0.252 e. The van der Waals surface area contributed by atoms with Crippen LogP contribution < -0.4 is 85.7 Å². The number of nitrogens with zero attached hydrogens (tertiary/aromatic N) is 3. The zero-order chi connectivity index (χ0) is 55.5. The van der Waals surface area contributed by atoms with Gasteiger partial charge in [0.25, 0.3) is 6.71 Å². The van der Waals surface area contributed by atoms with Crippen LogP contribution in [0.4, 0.5) is 51.2 Å². The van der Waals surface area contributed by atoms with Crippen molar-refractivity contribution in [1.29, 1.82) is 0 Å². The van der Waals surface area contributed by atoms with Crippen molar-refractivity contribution >= 4 is 207 Å². The quantitative estimate of drug-likeness (QED) is 0.246. The molecular weight excluding hydrogens is 918 g/mol. The van der Waals surface area contributed by atoms with E-state index in [-0.39, 0.29) is 94.4 Å². The highest BCUT2D eigenvalue weighted by Gasteiger charge is 2.46. The second kappa shape index (κ2) is 18.0. The molecule has 14 heteroatoms. The van der Waals surface area contributed by atoms with Crippen LogP contribution in [0.5, 0.6) is 0 Å². The Labute approximate surface area is 471 Å².